The number of carbonyl (C=O) groups is 2. The van der Waals surface area contributed by atoms with Crippen LogP contribution in [0.3, 0.4) is 0 Å². The molecule has 1 saturated heterocycles. The SMILES string of the molecule is Cc1ccc2c(c1)C1(CCN(Cc3cnn(CC(=O)N(C)C)c3)CC1)C(=O)N2. The van der Waals surface area contributed by atoms with Gasteiger partial charge in [-0.3, -0.25) is 19.2 Å². The first-order chi connectivity index (χ1) is 13.4. The molecule has 0 saturated carbocycles. The quantitative estimate of drug-likeness (QED) is 0.876. The van der Waals surface area contributed by atoms with Gasteiger partial charge < -0.3 is 10.2 Å². The maximum Gasteiger partial charge on any atom is 0.243 e. The maximum absolute atomic E-state index is 12.8. The van der Waals surface area contributed by atoms with Crippen LogP contribution in [0, 0.1) is 6.92 Å². The second-order valence-corrected chi connectivity index (χ2v) is 8.20. The van der Waals surface area contributed by atoms with Gasteiger partial charge >= 0.3 is 0 Å². The third kappa shape index (κ3) is 3.30. The first-order valence-corrected chi connectivity index (χ1v) is 9.74. The van der Waals surface area contributed by atoms with Gasteiger partial charge in [0.15, 0.2) is 0 Å². The van der Waals surface area contributed by atoms with Crippen molar-refractivity contribution in [3.05, 3.63) is 47.3 Å². The summed E-state index contributed by atoms with van der Waals surface area (Å²) in [6.07, 6.45) is 5.41. The number of nitrogens with zero attached hydrogens (tertiary/aromatic N) is 4. The van der Waals surface area contributed by atoms with E-state index in [1.807, 2.05) is 24.5 Å². The average molecular weight is 381 g/mol. The Morgan fingerprint density at radius 3 is 2.75 bits per heavy atom. The van der Waals surface area contributed by atoms with Crippen LogP contribution in [0.15, 0.2) is 30.6 Å². The summed E-state index contributed by atoms with van der Waals surface area (Å²) in [7, 11) is 3.49. The molecule has 0 bridgehead atoms. The molecule has 7 heteroatoms. The Kier molecular flexibility index (Phi) is 4.71. The van der Waals surface area contributed by atoms with E-state index in [0.717, 1.165) is 49.3 Å². The Balaban J connectivity index is 1.41. The fraction of sp³-hybridized carbons (Fsp3) is 0.476. The minimum Gasteiger partial charge on any atom is -0.347 e. The third-order valence-corrected chi connectivity index (χ3v) is 5.97. The Morgan fingerprint density at radius 2 is 2.04 bits per heavy atom. The van der Waals surface area contributed by atoms with Crippen LogP contribution >= 0.6 is 0 Å². The summed E-state index contributed by atoms with van der Waals surface area (Å²) in [5.74, 6) is 0.165. The summed E-state index contributed by atoms with van der Waals surface area (Å²) >= 11 is 0. The smallest absolute Gasteiger partial charge is 0.243 e. The molecule has 1 spiro atoms. The number of fused-ring (bicyclic) bond motifs is 2. The molecule has 0 aliphatic carbocycles. The second kappa shape index (κ2) is 7.05. The van der Waals surface area contributed by atoms with Crippen LogP contribution in [0.1, 0.15) is 29.5 Å². The lowest BCUT2D eigenvalue weighted by Crippen LogP contribution is -2.46. The Labute approximate surface area is 165 Å². The van der Waals surface area contributed by atoms with Gasteiger partial charge in [-0.15, -0.1) is 0 Å². The van der Waals surface area contributed by atoms with Gasteiger partial charge in [0, 0.05) is 38.1 Å². The molecule has 7 nitrogen and oxygen atoms in total. The molecule has 1 aromatic carbocycles. The number of likely N-dealkylation sites (tertiary alicyclic amines) is 1. The standard InChI is InChI=1S/C21H27N5O2/c1-15-4-5-18-17(10-15)21(20(28)23-18)6-8-25(9-7-21)12-16-11-22-26(13-16)14-19(27)24(2)3/h4-5,10-11,13H,6-9,12,14H2,1-3H3,(H,23,28). The van der Waals surface area contributed by atoms with Gasteiger partial charge in [0.25, 0.3) is 0 Å². The lowest BCUT2D eigenvalue weighted by Gasteiger charge is -2.38. The molecule has 3 heterocycles. The fourth-order valence-corrected chi connectivity index (χ4v) is 4.23. The molecule has 28 heavy (non-hydrogen) atoms. The summed E-state index contributed by atoms with van der Waals surface area (Å²) in [6, 6.07) is 6.23. The number of aromatic nitrogens is 2. The van der Waals surface area contributed by atoms with Gasteiger partial charge in [0.05, 0.1) is 11.6 Å². The molecule has 2 aliphatic heterocycles. The van der Waals surface area contributed by atoms with E-state index in [9.17, 15) is 9.59 Å². The lowest BCUT2D eigenvalue weighted by atomic mass is 9.73. The Hall–Kier alpha value is -2.67. The highest BCUT2D eigenvalue weighted by atomic mass is 16.2. The van der Waals surface area contributed by atoms with Crippen molar-refractivity contribution in [1.82, 2.24) is 19.6 Å². The maximum atomic E-state index is 12.8. The van der Waals surface area contributed by atoms with Crippen molar-refractivity contribution in [2.75, 3.05) is 32.5 Å². The van der Waals surface area contributed by atoms with Gasteiger partial charge in [0.1, 0.15) is 6.54 Å². The second-order valence-electron chi connectivity index (χ2n) is 8.20. The predicted molar refractivity (Wildman–Crippen MR) is 107 cm³/mol. The number of hydrogen-bond donors (Lipinski definition) is 1. The van der Waals surface area contributed by atoms with E-state index in [4.69, 9.17) is 0 Å². The number of nitrogens with one attached hydrogen (secondary N) is 1. The highest BCUT2D eigenvalue weighted by Gasteiger charge is 2.48. The van der Waals surface area contributed by atoms with Crippen LogP contribution in [0.5, 0.6) is 0 Å². The van der Waals surface area contributed by atoms with Crippen LogP contribution in [-0.2, 0) is 28.1 Å². The number of rotatable bonds is 4. The molecule has 148 valence electrons. The van der Waals surface area contributed by atoms with Crippen molar-refractivity contribution in [3.8, 4) is 0 Å². The molecule has 0 unspecified atom stereocenters. The summed E-state index contributed by atoms with van der Waals surface area (Å²) in [6.45, 7) is 4.84. The van der Waals surface area contributed by atoms with E-state index in [0.29, 0.717) is 0 Å². The van der Waals surface area contributed by atoms with Gasteiger partial charge in [-0.2, -0.15) is 5.10 Å². The number of piperidine rings is 1. The van der Waals surface area contributed by atoms with E-state index in [1.165, 1.54) is 5.56 Å². The van der Waals surface area contributed by atoms with Crippen LogP contribution in [0.2, 0.25) is 0 Å². The average Bonchev–Trinajstić information content (AvgIpc) is 3.20. The monoisotopic (exact) mass is 381 g/mol. The minimum atomic E-state index is -0.389. The number of carbonyl (C=O) groups excluding carboxylic acids is 2. The van der Waals surface area contributed by atoms with Crippen molar-refractivity contribution < 1.29 is 9.59 Å². The van der Waals surface area contributed by atoms with E-state index in [-0.39, 0.29) is 23.8 Å². The molecule has 2 aromatic rings. The topological polar surface area (TPSA) is 70.5 Å². The highest BCUT2D eigenvalue weighted by molar-refractivity contribution is 6.06. The summed E-state index contributed by atoms with van der Waals surface area (Å²) in [5.41, 5.74) is 4.02. The largest absolute Gasteiger partial charge is 0.347 e. The molecule has 1 aromatic heterocycles. The number of benzene rings is 1. The van der Waals surface area contributed by atoms with Crippen molar-refractivity contribution in [1.29, 1.82) is 0 Å². The first kappa shape index (κ1) is 18.7. The van der Waals surface area contributed by atoms with Crippen LogP contribution in [0.25, 0.3) is 0 Å². The molecule has 4 rings (SSSR count). The Morgan fingerprint density at radius 1 is 1.29 bits per heavy atom. The zero-order valence-corrected chi connectivity index (χ0v) is 16.7. The highest BCUT2D eigenvalue weighted by Crippen LogP contribution is 2.45. The molecule has 1 N–H and O–H groups in total. The van der Waals surface area contributed by atoms with Crippen LogP contribution in [0.4, 0.5) is 5.69 Å². The molecule has 2 aliphatic rings. The number of anilines is 1. The minimum absolute atomic E-state index is 0.0239. The van der Waals surface area contributed by atoms with E-state index in [1.54, 1.807) is 23.7 Å². The zero-order chi connectivity index (χ0) is 19.9. The van der Waals surface area contributed by atoms with E-state index < -0.39 is 0 Å². The van der Waals surface area contributed by atoms with E-state index in [2.05, 4.69) is 28.3 Å². The summed E-state index contributed by atoms with van der Waals surface area (Å²) < 4.78 is 1.69. The van der Waals surface area contributed by atoms with Crippen molar-refractivity contribution in [2.24, 2.45) is 0 Å². The Bertz CT molecular complexity index is 909. The molecule has 2 amide bonds. The van der Waals surface area contributed by atoms with Crippen LogP contribution in [-0.4, -0.2) is 58.6 Å². The number of amides is 2. The number of aryl methyl sites for hydroxylation is 1. The lowest BCUT2D eigenvalue weighted by molar-refractivity contribution is -0.129. The summed E-state index contributed by atoms with van der Waals surface area (Å²) in [5, 5.41) is 7.38. The molecular weight excluding hydrogens is 354 g/mol. The van der Waals surface area contributed by atoms with Crippen molar-refractivity contribution >= 4 is 17.5 Å². The zero-order valence-electron chi connectivity index (χ0n) is 16.7. The summed E-state index contributed by atoms with van der Waals surface area (Å²) in [4.78, 5) is 28.5. The molecule has 0 atom stereocenters. The fourth-order valence-electron chi connectivity index (χ4n) is 4.23. The van der Waals surface area contributed by atoms with Gasteiger partial charge in [-0.1, -0.05) is 17.7 Å². The van der Waals surface area contributed by atoms with Crippen molar-refractivity contribution in [2.45, 2.75) is 38.3 Å². The number of likely N-dealkylation sites (N-methyl/N-ethyl adjacent to an activating group) is 1. The number of hydrogen-bond acceptors (Lipinski definition) is 4. The van der Waals surface area contributed by atoms with Crippen molar-refractivity contribution in [3.63, 3.8) is 0 Å². The first-order valence-electron chi connectivity index (χ1n) is 9.74. The van der Waals surface area contributed by atoms with E-state index >= 15 is 0 Å². The van der Waals surface area contributed by atoms with Gasteiger partial charge in [-0.25, -0.2) is 0 Å². The normalized spacial score (nSPS) is 18.2. The third-order valence-electron chi connectivity index (χ3n) is 5.97. The predicted octanol–water partition coefficient (Wildman–Crippen LogP) is 1.77. The van der Waals surface area contributed by atoms with Gasteiger partial charge in [0.2, 0.25) is 11.8 Å². The molecule has 1 fully saturated rings. The van der Waals surface area contributed by atoms with Gasteiger partial charge in [-0.05, 0) is 44.5 Å². The molecule has 0 radical (unpaired) electrons. The van der Waals surface area contributed by atoms with Crippen LogP contribution < -0.4 is 5.32 Å². The molecular formula is C21H27N5O2.